The van der Waals surface area contributed by atoms with E-state index in [1.54, 1.807) is 25.7 Å². The lowest BCUT2D eigenvalue weighted by Gasteiger charge is -2.47. The van der Waals surface area contributed by atoms with E-state index >= 15 is 0 Å². The molecular weight excluding hydrogens is 132 g/mol. The van der Waals surface area contributed by atoms with Crippen LogP contribution in [0.1, 0.15) is 46.0 Å². The lowest BCUT2D eigenvalue weighted by Crippen LogP contribution is -2.38. The molecule has 2 unspecified atom stereocenters. The molecule has 0 nitrogen and oxygen atoms in total. The molecule has 0 spiro atoms. The van der Waals surface area contributed by atoms with Gasteiger partial charge in [-0.1, -0.05) is 20.3 Å². The Morgan fingerprint density at radius 2 is 1.55 bits per heavy atom. The van der Waals surface area contributed by atoms with Crippen molar-refractivity contribution in [1.82, 2.24) is 0 Å². The van der Waals surface area contributed by atoms with Crippen molar-refractivity contribution >= 4 is 0 Å². The van der Waals surface area contributed by atoms with Crippen molar-refractivity contribution in [3.05, 3.63) is 0 Å². The maximum Gasteiger partial charge on any atom is -0.0360 e. The van der Waals surface area contributed by atoms with E-state index < -0.39 is 0 Å². The highest BCUT2D eigenvalue weighted by Gasteiger charge is 2.39. The summed E-state index contributed by atoms with van der Waals surface area (Å²) >= 11 is 0. The average molecular weight is 152 g/mol. The summed E-state index contributed by atoms with van der Waals surface area (Å²) in [6.07, 6.45) is 7.62. The van der Waals surface area contributed by atoms with Crippen molar-refractivity contribution in [2.24, 2.45) is 23.7 Å². The molecule has 3 fully saturated rings. The van der Waals surface area contributed by atoms with Crippen LogP contribution in [0, 0.1) is 23.7 Å². The average Bonchev–Trinajstić information content (AvgIpc) is 2.06. The van der Waals surface area contributed by atoms with Crippen LogP contribution in [0.3, 0.4) is 0 Å². The fourth-order valence-electron chi connectivity index (χ4n) is 3.58. The van der Waals surface area contributed by atoms with Gasteiger partial charge in [0.05, 0.1) is 0 Å². The van der Waals surface area contributed by atoms with Gasteiger partial charge in [0.1, 0.15) is 0 Å². The van der Waals surface area contributed by atoms with Crippen LogP contribution in [0.5, 0.6) is 0 Å². The Bertz CT molecular complexity index is 129. The molecule has 0 aromatic heterocycles. The quantitative estimate of drug-likeness (QED) is 0.539. The first-order valence-electron chi connectivity index (χ1n) is 5.33. The van der Waals surface area contributed by atoms with Crippen molar-refractivity contribution in [3.63, 3.8) is 0 Å². The number of rotatable bonds is 1. The summed E-state index contributed by atoms with van der Waals surface area (Å²) < 4.78 is 0. The van der Waals surface area contributed by atoms with Gasteiger partial charge in [-0.15, -0.1) is 0 Å². The number of hydrogen-bond acceptors (Lipinski definition) is 0. The molecule has 0 saturated heterocycles. The second-order valence-corrected chi connectivity index (χ2v) is 4.61. The summed E-state index contributed by atoms with van der Waals surface area (Å²) in [5.41, 5.74) is 0. The smallest absolute Gasteiger partial charge is 0.0360 e. The van der Waals surface area contributed by atoms with Gasteiger partial charge in [0.25, 0.3) is 0 Å². The zero-order chi connectivity index (χ0) is 7.84. The van der Waals surface area contributed by atoms with E-state index in [0.29, 0.717) is 0 Å². The van der Waals surface area contributed by atoms with Crippen LogP contribution in [0.2, 0.25) is 0 Å². The standard InChI is InChI=1S/C11H20/c1-3-11-8(2)9-4-6-10(11)7-5-9/h8-11H,3-7H2,1-2H3. The third-order valence-corrected chi connectivity index (χ3v) is 4.31. The van der Waals surface area contributed by atoms with Gasteiger partial charge in [-0.2, -0.15) is 0 Å². The Hall–Kier alpha value is 0. The molecule has 0 heterocycles. The van der Waals surface area contributed by atoms with E-state index in [9.17, 15) is 0 Å². The molecule has 0 N–H and O–H groups in total. The topological polar surface area (TPSA) is 0 Å². The van der Waals surface area contributed by atoms with Gasteiger partial charge in [-0.25, -0.2) is 0 Å². The Morgan fingerprint density at radius 3 is 1.91 bits per heavy atom. The van der Waals surface area contributed by atoms with E-state index in [1.807, 2.05) is 0 Å². The van der Waals surface area contributed by atoms with E-state index in [-0.39, 0.29) is 0 Å². The third-order valence-electron chi connectivity index (χ3n) is 4.31. The first-order valence-corrected chi connectivity index (χ1v) is 5.33. The zero-order valence-corrected chi connectivity index (χ0v) is 7.84. The molecule has 0 radical (unpaired) electrons. The van der Waals surface area contributed by atoms with Gasteiger partial charge in [-0.05, 0) is 49.4 Å². The molecular formula is C11H20. The minimum atomic E-state index is 1.05. The second kappa shape index (κ2) is 2.80. The molecule has 3 saturated carbocycles. The molecule has 0 amide bonds. The van der Waals surface area contributed by atoms with Gasteiger partial charge >= 0.3 is 0 Å². The minimum absolute atomic E-state index is 1.05. The highest BCUT2D eigenvalue weighted by molar-refractivity contribution is 4.89. The van der Waals surface area contributed by atoms with E-state index in [4.69, 9.17) is 0 Å². The zero-order valence-electron chi connectivity index (χ0n) is 7.84. The molecule has 3 aliphatic rings. The Labute approximate surface area is 70.4 Å². The lowest BCUT2D eigenvalue weighted by molar-refractivity contribution is 0.0320. The van der Waals surface area contributed by atoms with E-state index in [2.05, 4.69) is 13.8 Å². The first kappa shape index (κ1) is 7.64. The fraction of sp³-hybridized carbons (Fsp3) is 1.00. The van der Waals surface area contributed by atoms with Gasteiger partial charge in [-0.3, -0.25) is 0 Å². The maximum absolute atomic E-state index is 2.49. The van der Waals surface area contributed by atoms with Gasteiger partial charge in [0, 0.05) is 0 Å². The number of fused-ring (bicyclic) bond motifs is 3. The second-order valence-electron chi connectivity index (χ2n) is 4.61. The van der Waals surface area contributed by atoms with Gasteiger partial charge < -0.3 is 0 Å². The Balaban J connectivity index is 2.10. The van der Waals surface area contributed by atoms with Crippen LogP contribution < -0.4 is 0 Å². The van der Waals surface area contributed by atoms with Crippen LogP contribution in [-0.4, -0.2) is 0 Å². The van der Waals surface area contributed by atoms with Gasteiger partial charge in [0.2, 0.25) is 0 Å². The lowest BCUT2D eigenvalue weighted by atomic mass is 9.58. The summed E-state index contributed by atoms with van der Waals surface area (Å²) in [5, 5.41) is 0. The highest BCUT2D eigenvalue weighted by Crippen LogP contribution is 2.49. The van der Waals surface area contributed by atoms with Crippen LogP contribution in [-0.2, 0) is 0 Å². The largest absolute Gasteiger partial charge is 0.0651 e. The number of hydrogen-bond donors (Lipinski definition) is 0. The molecule has 3 rings (SSSR count). The highest BCUT2D eigenvalue weighted by atomic mass is 14.4. The summed E-state index contributed by atoms with van der Waals surface area (Å²) in [6.45, 7) is 4.87. The Morgan fingerprint density at radius 1 is 1.00 bits per heavy atom. The van der Waals surface area contributed by atoms with Crippen LogP contribution >= 0.6 is 0 Å². The van der Waals surface area contributed by atoms with Crippen LogP contribution in [0.4, 0.5) is 0 Å². The predicted octanol–water partition coefficient (Wildman–Crippen LogP) is 3.47. The summed E-state index contributed by atoms with van der Waals surface area (Å²) in [6, 6.07) is 0. The molecule has 11 heavy (non-hydrogen) atoms. The minimum Gasteiger partial charge on any atom is -0.0651 e. The molecule has 0 aromatic carbocycles. The Kier molecular flexibility index (Phi) is 1.95. The third kappa shape index (κ3) is 1.11. The SMILES string of the molecule is CCC1C2CCC(CC2)C1C. The summed E-state index contributed by atoms with van der Waals surface area (Å²) in [7, 11) is 0. The van der Waals surface area contributed by atoms with Crippen molar-refractivity contribution < 1.29 is 0 Å². The molecule has 2 atom stereocenters. The maximum atomic E-state index is 2.49. The molecule has 64 valence electrons. The molecule has 0 aromatic rings. The summed E-state index contributed by atoms with van der Waals surface area (Å²) in [5.74, 6) is 4.35. The normalized spacial score (nSPS) is 49.6. The van der Waals surface area contributed by atoms with Crippen molar-refractivity contribution in [2.75, 3.05) is 0 Å². The van der Waals surface area contributed by atoms with Crippen LogP contribution in [0.15, 0.2) is 0 Å². The molecule has 0 heteroatoms. The van der Waals surface area contributed by atoms with Gasteiger partial charge in [0.15, 0.2) is 0 Å². The molecule has 2 bridgehead atoms. The van der Waals surface area contributed by atoms with Crippen molar-refractivity contribution in [1.29, 1.82) is 0 Å². The van der Waals surface area contributed by atoms with Crippen molar-refractivity contribution in [2.45, 2.75) is 46.0 Å². The van der Waals surface area contributed by atoms with E-state index in [1.165, 1.54) is 6.42 Å². The summed E-state index contributed by atoms with van der Waals surface area (Å²) in [4.78, 5) is 0. The van der Waals surface area contributed by atoms with Crippen molar-refractivity contribution in [3.8, 4) is 0 Å². The predicted molar refractivity (Wildman–Crippen MR) is 48.4 cm³/mol. The molecule has 3 aliphatic carbocycles. The van der Waals surface area contributed by atoms with E-state index in [0.717, 1.165) is 23.7 Å². The fourth-order valence-corrected chi connectivity index (χ4v) is 3.58. The van der Waals surface area contributed by atoms with Crippen LogP contribution in [0.25, 0.3) is 0 Å². The monoisotopic (exact) mass is 152 g/mol. The molecule has 0 aliphatic heterocycles. The first-order chi connectivity index (χ1) is 5.33.